The Morgan fingerprint density at radius 2 is 1.88 bits per heavy atom. The van der Waals surface area contributed by atoms with Crippen LogP contribution >= 0.6 is 0 Å². The van der Waals surface area contributed by atoms with Crippen LogP contribution < -0.4 is 14.8 Å². The standard InChI is InChI=1S/C20H25NO3/c1-5-19(18-10-9-14(2)11-15(18)3)21-20(22)13-24-17-8-6-7-16(12-17)23-4/h6-12,19H,5,13H2,1-4H3,(H,21,22)/t19-/m1/s1. The minimum Gasteiger partial charge on any atom is -0.497 e. The molecular formula is C20H25NO3. The summed E-state index contributed by atoms with van der Waals surface area (Å²) in [4.78, 5) is 12.2. The normalized spacial score (nSPS) is 11.7. The fraction of sp³-hybridized carbons (Fsp3) is 0.350. The Hall–Kier alpha value is -2.49. The van der Waals surface area contributed by atoms with E-state index < -0.39 is 0 Å². The van der Waals surface area contributed by atoms with Gasteiger partial charge in [-0.1, -0.05) is 36.8 Å². The fourth-order valence-electron chi connectivity index (χ4n) is 2.69. The molecule has 2 aromatic rings. The SMILES string of the molecule is CC[C@@H](NC(=O)COc1cccc(OC)c1)c1ccc(C)cc1C. The van der Waals surface area contributed by atoms with E-state index in [0.717, 1.165) is 12.0 Å². The van der Waals surface area contributed by atoms with Crippen LogP contribution in [-0.4, -0.2) is 19.6 Å². The number of amides is 1. The number of hydrogen-bond acceptors (Lipinski definition) is 3. The Bertz CT molecular complexity index is 697. The van der Waals surface area contributed by atoms with Gasteiger partial charge in [-0.15, -0.1) is 0 Å². The molecule has 0 saturated heterocycles. The van der Waals surface area contributed by atoms with Gasteiger partial charge in [0.25, 0.3) is 5.91 Å². The van der Waals surface area contributed by atoms with Gasteiger partial charge < -0.3 is 14.8 Å². The number of aryl methyl sites for hydroxylation is 2. The second-order valence-electron chi connectivity index (χ2n) is 5.86. The molecule has 0 radical (unpaired) electrons. The van der Waals surface area contributed by atoms with E-state index in [4.69, 9.17) is 9.47 Å². The monoisotopic (exact) mass is 327 g/mol. The molecule has 1 amide bonds. The second kappa shape index (κ2) is 8.39. The molecule has 0 aliphatic rings. The van der Waals surface area contributed by atoms with Gasteiger partial charge in [-0.25, -0.2) is 0 Å². The predicted molar refractivity (Wildman–Crippen MR) is 95.6 cm³/mol. The van der Waals surface area contributed by atoms with Crippen molar-refractivity contribution in [1.29, 1.82) is 0 Å². The number of benzene rings is 2. The van der Waals surface area contributed by atoms with Crippen LogP contribution in [0, 0.1) is 13.8 Å². The van der Waals surface area contributed by atoms with E-state index in [2.05, 4.69) is 44.3 Å². The number of ether oxygens (including phenoxy) is 2. The van der Waals surface area contributed by atoms with Crippen molar-refractivity contribution in [2.75, 3.05) is 13.7 Å². The van der Waals surface area contributed by atoms with Crippen LogP contribution in [-0.2, 0) is 4.79 Å². The first-order chi connectivity index (χ1) is 11.5. The number of hydrogen-bond donors (Lipinski definition) is 1. The molecule has 0 aliphatic carbocycles. The van der Waals surface area contributed by atoms with Crippen molar-refractivity contribution < 1.29 is 14.3 Å². The van der Waals surface area contributed by atoms with E-state index in [0.29, 0.717) is 11.5 Å². The van der Waals surface area contributed by atoms with Crippen LogP contribution in [0.15, 0.2) is 42.5 Å². The second-order valence-corrected chi connectivity index (χ2v) is 5.86. The third kappa shape index (κ3) is 4.75. The maximum Gasteiger partial charge on any atom is 0.258 e. The molecular weight excluding hydrogens is 302 g/mol. The van der Waals surface area contributed by atoms with E-state index in [-0.39, 0.29) is 18.6 Å². The molecule has 0 heterocycles. The molecule has 24 heavy (non-hydrogen) atoms. The summed E-state index contributed by atoms with van der Waals surface area (Å²) >= 11 is 0. The molecule has 0 unspecified atom stereocenters. The maximum atomic E-state index is 12.2. The van der Waals surface area contributed by atoms with E-state index in [1.165, 1.54) is 11.1 Å². The van der Waals surface area contributed by atoms with E-state index in [1.54, 1.807) is 19.2 Å². The highest BCUT2D eigenvalue weighted by Crippen LogP contribution is 2.22. The van der Waals surface area contributed by atoms with Crippen molar-refractivity contribution in [1.82, 2.24) is 5.32 Å². The van der Waals surface area contributed by atoms with E-state index in [9.17, 15) is 4.79 Å². The molecule has 4 nitrogen and oxygen atoms in total. The molecule has 0 bridgehead atoms. The lowest BCUT2D eigenvalue weighted by Gasteiger charge is -2.20. The molecule has 0 aromatic heterocycles. The zero-order valence-electron chi connectivity index (χ0n) is 14.8. The van der Waals surface area contributed by atoms with Crippen LogP contribution in [0.3, 0.4) is 0 Å². The Morgan fingerprint density at radius 3 is 2.54 bits per heavy atom. The first-order valence-electron chi connectivity index (χ1n) is 8.16. The number of carbonyl (C=O) groups is 1. The third-order valence-electron chi connectivity index (χ3n) is 3.96. The summed E-state index contributed by atoms with van der Waals surface area (Å²) in [6.45, 7) is 6.18. The Labute approximate surface area is 143 Å². The van der Waals surface area contributed by atoms with Gasteiger partial charge in [0.2, 0.25) is 0 Å². The van der Waals surface area contributed by atoms with Crippen LogP contribution in [0.1, 0.15) is 36.1 Å². The Morgan fingerprint density at radius 1 is 1.12 bits per heavy atom. The summed E-state index contributed by atoms with van der Waals surface area (Å²) < 4.78 is 10.7. The average molecular weight is 327 g/mol. The Balaban J connectivity index is 1.96. The largest absolute Gasteiger partial charge is 0.497 e. The van der Waals surface area contributed by atoms with Crippen molar-refractivity contribution >= 4 is 5.91 Å². The highest BCUT2D eigenvalue weighted by atomic mass is 16.5. The van der Waals surface area contributed by atoms with Gasteiger partial charge in [0, 0.05) is 6.07 Å². The molecule has 0 spiro atoms. The summed E-state index contributed by atoms with van der Waals surface area (Å²) in [7, 11) is 1.60. The smallest absolute Gasteiger partial charge is 0.258 e. The quantitative estimate of drug-likeness (QED) is 0.837. The highest BCUT2D eigenvalue weighted by molar-refractivity contribution is 5.78. The number of rotatable bonds is 7. The van der Waals surface area contributed by atoms with Crippen molar-refractivity contribution in [2.24, 2.45) is 0 Å². The summed E-state index contributed by atoms with van der Waals surface area (Å²) in [6.07, 6.45) is 0.828. The van der Waals surface area contributed by atoms with Crippen molar-refractivity contribution in [3.05, 3.63) is 59.2 Å². The number of carbonyl (C=O) groups excluding carboxylic acids is 1. The van der Waals surface area contributed by atoms with Crippen molar-refractivity contribution in [2.45, 2.75) is 33.2 Å². The lowest BCUT2D eigenvalue weighted by Crippen LogP contribution is -2.32. The fourth-order valence-corrected chi connectivity index (χ4v) is 2.69. The molecule has 2 rings (SSSR count). The molecule has 128 valence electrons. The van der Waals surface area contributed by atoms with E-state index in [1.807, 2.05) is 12.1 Å². The minimum atomic E-state index is -0.135. The van der Waals surface area contributed by atoms with E-state index >= 15 is 0 Å². The van der Waals surface area contributed by atoms with Crippen molar-refractivity contribution in [3.8, 4) is 11.5 Å². The van der Waals surface area contributed by atoms with Gasteiger partial charge in [0.15, 0.2) is 6.61 Å². The topological polar surface area (TPSA) is 47.6 Å². The summed E-state index contributed by atoms with van der Waals surface area (Å²) in [6, 6.07) is 13.5. The van der Waals surface area contributed by atoms with Gasteiger partial charge in [0.1, 0.15) is 11.5 Å². The molecule has 0 aliphatic heterocycles. The van der Waals surface area contributed by atoms with Crippen LogP contribution in [0.5, 0.6) is 11.5 Å². The predicted octanol–water partition coefficient (Wildman–Crippen LogP) is 3.96. The highest BCUT2D eigenvalue weighted by Gasteiger charge is 2.15. The third-order valence-corrected chi connectivity index (χ3v) is 3.96. The van der Waals surface area contributed by atoms with Crippen molar-refractivity contribution in [3.63, 3.8) is 0 Å². The van der Waals surface area contributed by atoms with Gasteiger partial charge >= 0.3 is 0 Å². The zero-order valence-corrected chi connectivity index (χ0v) is 14.8. The molecule has 1 N–H and O–H groups in total. The van der Waals surface area contributed by atoms with Crippen LogP contribution in [0.2, 0.25) is 0 Å². The van der Waals surface area contributed by atoms with Gasteiger partial charge in [-0.05, 0) is 43.5 Å². The Kier molecular flexibility index (Phi) is 6.24. The summed E-state index contributed by atoms with van der Waals surface area (Å²) in [5, 5.41) is 3.05. The molecule has 4 heteroatoms. The first kappa shape index (κ1) is 17.9. The summed E-state index contributed by atoms with van der Waals surface area (Å²) in [5.74, 6) is 1.18. The lowest BCUT2D eigenvalue weighted by molar-refractivity contribution is -0.123. The number of methoxy groups -OCH3 is 1. The van der Waals surface area contributed by atoms with Crippen LogP contribution in [0.4, 0.5) is 0 Å². The lowest BCUT2D eigenvalue weighted by atomic mass is 9.97. The zero-order chi connectivity index (χ0) is 17.5. The average Bonchev–Trinajstić information content (AvgIpc) is 2.58. The molecule has 0 saturated carbocycles. The van der Waals surface area contributed by atoms with Gasteiger partial charge in [-0.3, -0.25) is 4.79 Å². The molecule has 1 atom stereocenters. The molecule has 2 aromatic carbocycles. The summed E-state index contributed by atoms with van der Waals surface area (Å²) in [5.41, 5.74) is 3.56. The minimum absolute atomic E-state index is 0.00740. The molecule has 0 fully saturated rings. The van der Waals surface area contributed by atoms with Gasteiger partial charge in [-0.2, -0.15) is 0 Å². The maximum absolute atomic E-state index is 12.2. The number of nitrogens with one attached hydrogen (secondary N) is 1. The van der Waals surface area contributed by atoms with Gasteiger partial charge in [0.05, 0.1) is 13.2 Å². The first-order valence-corrected chi connectivity index (χ1v) is 8.16. The van der Waals surface area contributed by atoms with Crippen LogP contribution in [0.25, 0.3) is 0 Å².